The Morgan fingerprint density at radius 3 is 2.50 bits per heavy atom. The predicted octanol–water partition coefficient (Wildman–Crippen LogP) is 1.11. The zero-order chi connectivity index (χ0) is 12.1. The maximum atomic E-state index is 11.4. The topological polar surface area (TPSA) is 72.8 Å². The maximum absolute atomic E-state index is 11.4. The molecule has 5 heteroatoms. The molecule has 0 saturated carbocycles. The Kier molecular flexibility index (Phi) is 4.02. The van der Waals surface area contributed by atoms with Gasteiger partial charge in [-0.3, -0.25) is 4.79 Å². The van der Waals surface area contributed by atoms with Crippen LogP contribution in [0.15, 0.2) is 18.2 Å². The lowest BCUT2D eigenvalue weighted by Crippen LogP contribution is -2.14. The second-order valence-corrected chi connectivity index (χ2v) is 3.10. The van der Waals surface area contributed by atoms with Gasteiger partial charge in [-0.25, -0.2) is 4.79 Å². The number of ketones is 1. The van der Waals surface area contributed by atoms with Crippen molar-refractivity contribution in [2.24, 2.45) is 0 Å². The molecular weight excluding hydrogens is 212 g/mol. The van der Waals surface area contributed by atoms with Crippen LogP contribution in [0.4, 0.5) is 0 Å². The number of carbonyl (C=O) groups excluding carboxylic acids is 1. The van der Waals surface area contributed by atoms with E-state index in [-0.39, 0.29) is 11.3 Å². The van der Waals surface area contributed by atoms with Gasteiger partial charge in [0.15, 0.2) is 0 Å². The highest BCUT2D eigenvalue weighted by Gasteiger charge is 2.19. The summed E-state index contributed by atoms with van der Waals surface area (Å²) >= 11 is 0. The van der Waals surface area contributed by atoms with Gasteiger partial charge in [0, 0.05) is 7.11 Å². The summed E-state index contributed by atoms with van der Waals surface area (Å²) in [6, 6.07) is 4.71. The molecule has 0 aliphatic heterocycles. The molecule has 0 spiro atoms. The predicted molar refractivity (Wildman–Crippen MR) is 55.7 cm³/mol. The summed E-state index contributed by atoms with van der Waals surface area (Å²) in [5, 5.41) is 8.64. The molecule has 16 heavy (non-hydrogen) atoms. The summed E-state index contributed by atoms with van der Waals surface area (Å²) in [5.41, 5.74) is 0.748. The zero-order valence-corrected chi connectivity index (χ0v) is 9.02. The Labute approximate surface area is 92.6 Å². The lowest BCUT2D eigenvalue weighted by molar-refractivity contribution is -0.131. The molecular formula is C11H12O5. The number of aliphatic carboxylic acids is 1. The molecule has 0 unspecified atom stereocenters. The first kappa shape index (κ1) is 12.2. The van der Waals surface area contributed by atoms with Crippen LogP contribution in [0.25, 0.3) is 0 Å². The van der Waals surface area contributed by atoms with Crippen LogP contribution >= 0.6 is 0 Å². The van der Waals surface area contributed by atoms with E-state index in [0.717, 1.165) is 0 Å². The lowest BCUT2D eigenvalue weighted by atomic mass is 10.1. The van der Waals surface area contributed by atoms with Crippen LogP contribution in [-0.2, 0) is 16.1 Å². The third-order valence-electron chi connectivity index (χ3n) is 2.01. The van der Waals surface area contributed by atoms with E-state index in [0.29, 0.717) is 12.2 Å². The molecule has 0 radical (unpaired) electrons. The average molecular weight is 224 g/mol. The van der Waals surface area contributed by atoms with Crippen molar-refractivity contribution in [3.05, 3.63) is 29.3 Å². The fraction of sp³-hybridized carbons (Fsp3) is 0.273. The van der Waals surface area contributed by atoms with Crippen LogP contribution < -0.4 is 4.74 Å². The zero-order valence-electron chi connectivity index (χ0n) is 9.02. The molecule has 0 amide bonds. The van der Waals surface area contributed by atoms with E-state index >= 15 is 0 Å². The number of Topliss-reactive ketones (excluding diaryl/α,β-unsaturated/α-hetero) is 1. The van der Waals surface area contributed by atoms with Crippen molar-refractivity contribution in [3.63, 3.8) is 0 Å². The number of ether oxygens (including phenoxy) is 2. The first-order chi connectivity index (χ1) is 7.60. The van der Waals surface area contributed by atoms with Gasteiger partial charge in [-0.05, 0) is 17.7 Å². The fourth-order valence-corrected chi connectivity index (χ4v) is 1.30. The molecule has 0 fully saturated rings. The van der Waals surface area contributed by atoms with E-state index in [1.54, 1.807) is 12.1 Å². The molecule has 5 nitrogen and oxygen atoms in total. The summed E-state index contributed by atoms with van der Waals surface area (Å²) in [6.07, 6.45) is 0. The van der Waals surface area contributed by atoms with Crippen molar-refractivity contribution in [1.29, 1.82) is 0 Å². The van der Waals surface area contributed by atoms with Gasteiger partial charge < -0.3 is 14.6 Å². The van der Waals surface area contributed by atoms with E-state index in [4.69, 9.17) is 14.6 Å². The number of hydrogen-bond acceptors (Lipinski definition) is 4. The summed E-state index contributed by atoms with van der Waals surface area (Å²) < 4.78 is 9.82. The molecule has 0 bridgehead atoms. The molecule has 1 aromatic carbocycles. The highest BCUT2D eigenvalue weighted by molar-refractivity contribution is 6.40. The number of carbonyl (C=O) groups is 2. The SMILES string of the molecule is COCc1ccc(OC)c(C(=O)C(=O)O)c1. The Morgan fingerprint density at radius 2 is 2.00 bits per heavy atom. The monoisotopic (exact) mass is 224 g/mol. The normalized spacial score (nSPS) is 9.88. The number of hydrogen-bond donors (Lipinski definition) is 1. The van der Waals surface area contributed by atoms with Crippen molar-refractivity contribution in [2.75, 3.05) is 14.2 Å². The Morgan fingerprint density at radius 1 is 1.31 bits per heavy atom. The van der Waals surface area contributed by atoms with Gasteiger partial charge in [0.2, 0.25) is 0 Å². The van der Waals surface area contributed by atoms with Crippen molar-refractivity contribution in [1.82, 2.24) is 0 Å². The molecule has 0 saturated heterocycles. The Hall–Kier alpha value is -1.88. The van der Waals surface area contributed by atoms with Crippen molar-refractivity contribution >= 4 is 11.8 Å². The molecule has 86 valence electrons. The second-order valence-electron chi connectivity index (χ2n) is 3.10. The summed E-state index contributed by atoms with van der Waals surface area (Å²) in [6.45, 7) is 0.309. The molecule has 0 aliphatic rings. The van der Waals surface area contributed by atoms with Gasteiger partial charge in [0.1, 0.15) is 5.75 Å². The molecule has 1 aromatic rings. The van der Waals surface area contributed by atoms with Gasteiger partial charge in [-0.15, -0.1) is 0 Å². The molecule has 1 N–H and O–H groups in total. The fourth-order valence-electron chi connectivity index (χ4n) is 1.30. The Bertz CT molecular complexity index is 411. The highest BCUT2D eigenvalue weighted by Crippen LogP contribution is 2.20. The standard InChI is InChI=1S/C11H12O5/c1-15-6-7-3-4-9(16-2)8(5-7)10(12)11(13)14/h3-5H,6H2,1-2H3,(H,13,14). The quantitative estimate of drug-likeness (QED) is 0.599. The van der Waals surface area contributed by atoms with Crippen LogP contribution in [0, 0.1) is 0 Å². The van der Waals surface area contributed by atoms with Gasteiger partial charge in [0.25, 0.3) is 5.78 Å². The van der Waals surface area contributed by atoms with Crippen LogP contribution in [0.3, 0.4) is 0 Å². The molecule has 0 aliphatic carbocycles. The first-order valence-corrected chi connectivity index (χ1v) is 4.53. The summed E-state index contributed by atoms with van der Waals surface area (Å²) in [4.78, 5) is 22.0. The summed E-state index contributed by atoms with van der Waals surface area (Å²) in [7, 11) is 2.90. The molecule has 0 atom stereocenters. The number of carboxylic acids is 1. The van der Waals surface area contributed by atoms with Crippen LogP contribution in [0.5, 0.6) is 5.75 Å². The van der Waals surface area contributed by atoms with Crippen molar-refractivity contribution in [3.8, 4) is 5.75 Å². The first-order valence-electron chi connectivity index (χ1n) is 4.53. The summed E-state index contributed by atoms with van der Waals surface area (Å²) in [5.74, 6) is -2.25. The van der Waals surface area contributed by atoms with E-state index in [9.17, 15) is 9.59 Å². The van der Waals surface area contributed by atoms with Crippen molar-refractivity contribution in [2.45, 2.75) is 6.61 Å². The van der Waals surface area contributed by atoms with Crippen LogP contribution in [0.1, 0.15) is 15.9 Å². The molecule has 0 heterocycles. The van der Waals surface area contributed by atoms with Gasteiger partial charge >= 0.3 is 5.97 Å². The van der Waals surface area contributed by atoms with E-state index < -0.39 is 11.8 Å². The minimum atomic E-state index is -1.51. The third-order valence-corrected chi connectivity index (χ3v) is 2.01. The molecule has 1 rings (SSSR count). The van der Waals surface area contributed by atoms with E-state index in [1.807, 2.05) is 0 Å². The van der Waals surface area contributed by atoms with Gasteiger partial charge in [-0.1, -0.05) is 6.07 Å². The average Bonchev–Trinajstić information content (AvgIpc) is 2.28. The van der Waals surface area contributed by atoms with Gasteiger partial charge in [-0.2, -0.15) is 0 Å². The van der Waals surface area contributed by atoms with Crippen LogP contribution in [0.2, 0.25) is 0 Å². The lowest BCUT2D eigenvalue weighted by Gasteiger charge is -2.07. The smallest absolute Gasteiger partial charge is 0.377 e. The maximum Gasteiger partial charge on any atom is 0.377 e. The highest BCUT2D eigenvalue weighted by atomic mass is 16.5. The van der Waals surface area contributed by atoms with Crippen molar-refractivity contribution < 1.29 is 24.2 Å². The second kappa shape index (κ2) is 5.27. The van der Waals surface area contributed by atoms with Crippen LogP contribution in [-0.4, -0.2) is 31.1 Å². The van der Waals surface area contributed by atoms with Gasteiger partial charge in [0.05, 0.1) is 19.3 Å². The number of rotatable bonds is 5. The number of benzene rings is 1. The third kappa shape index (κ3) is 2.58. The largest absolute Gasteiger partial charge is 0.496 e. The molecule has 0 aromatic heterocycles. The number of carboxylic acid groups (broad SMARTS) is 1. The number of methoxy groups -OCH3 is 2. The van der Waals surface area contributed by atoms with E-state index in [1.165, 1.54) is 20.3 Å². The minimum Gasteiger partial charge on any atom is -0.496 e. The minimum absolute atomic E-state index is 0.0320. The Balaban J connectivity index is 3.16. The van der Waals surface area contributed by atoms with E-state index in [2.05, 4.69) is 0 Å².